The Bertz CT molecular complexity index is 661. The predicted molar refractivity (Wildman–Crippen MR) is 78.8 cm³/mol. The largest absolute Gasteiger partial charge is 0.327 e. The van der Waals surface area contributed by atoms with Crippen molar-refractivity contribution in [3.63, 3.8) is 0 Å². The normalized spacial score (nSPS) is 33.1. The monoisotopic (exact) mass is 356 g/mol. The van der Waals surface area contributed by atoms with Gasteiger partial charge in [0, 0.05) is 11.7 Å². The lowest BCUT2D eigenvalue weighted by molar-refractivity contribution is -0.121. The maximum atomic E-state index is 12.8. The molecule has 2 aliphatic rings. The Morgan fingerprint density at radius 2 is 1.78 bits per heavy atom. The molecule has 1 aromatic rings. The summed E-state index contributed by atoms with van der Waals surface area (Å²) in [7, 11) is -9.76. The molecule has 2 aliphatic carbocycles. The lowest BCUT2D eigenvalue weighted by Crippen LogP contribution is -2.42. The minimum absolute atomic E-state index is 0.119. The number of nitrogens with one attached hydrogen (secondary N) is 1. The summed E-state index contributed by atoms with van der Waals surface area (Å²) in [6, 6.07) is 2.26. The smallest absolute Gasteiger partial charge is 0.310 e. The van der Waals surface area contributed by atoms with Gasteiger partial charge in [0.1, 0.15) is 4.90 Å². The van der Waals surface area contributed by atoms with Gasteiger partial charge in [-0.05, 0) is 49.3 Å². The van der Waals surface area contributed by atoms with Gasteiger partial charge in [0.05, 0.1) is 5.92 Å². The van der Waals surface area contributed by atoms with Gasteiger partial charge < -0.3 is 11.1 Å². The number of rotatable bonds is 3. The number of carbonyl (C=O) groups is 1. The summed E-state index contributed by atoms with van der Waals surface area (Å²) in [5.74, 6) is -0.595. The number of hydrogen-bond acceptors (Lipinski definition) is 2. The summed E-state index contributed by atoms with van der Waals surface area (Å²) < 4.78 is 64.1. The first kappa shape index (κ1) is 16.5. The van der Waals surface area contributed by atoms with E-state index in [1.807, 2.05) is 0 Å². The molecule has 2 bridgehead atoms. The Balaban J connectivity index is 1.81. The lowest BCUT2D eigenvalue weighted by Gasteiger charge is -2.40. The highest BCUT2D eigenvalue weighted by Gasteiger charge is 2.65. The fraction of sp³-hybridized carbons (Fsp3) is 0.500. The number of benzene rings is 1. The third-order valence-corrected chi connectivity index (χ3v) is 5.98. The molecule has 0 spiro atoms. The SMILES string of the molecule is N[C@@H]1[C@@H]2CC[C@@H](C2)[C@@H]1C(=O)Nc1cccc(S(F)(F)(F)(F)F)c1. The topological polar surface area (TPSA) is 55.1 Å². The third-order valence-electron chi connectivity index (χ3n) is 4.83. The Labute approximate surface area is 130 Å². The molecular weight excluding hydrogens is 339 g/mol. The quantitative estimate of drug-likeness (QED) is 0.774. The molecule has 9 heteroatoms. The first-order valence-electron chi connectivity index (χ1n) is 7.26. The van der Waals surface area contributed by atoms with Gasteiger partial charge in [-0.1, -0.05) is 25.5 Å². The standard InChI is InChI=1S/C14H17F5N2OS/c15-23(16,17,18,19)11-3-1-2-10(7-11)21-14(22)12-8-4-5-9(6-8)13(12)20/h1-3,7-9,12-13H,4-6,20H2,(H,21,22)/t8-,9+,12-,13+/m0/s1. The Hall–Kier alpha value is -1.35. The number of halogens is 5. The molecule has 2 fully saturated rings. The molecular formula is C14H17F5N2OS. The van der Waals surface area contributed by atoms with E-state index in [9.17, 15) is 24.2 Å². The highest BCUT2D eigenvalue weighted by Crippen LogP contribution is 3.02. The molecule has 0 heterocycles. The zero-order chi connectivity index (χ0) is 17.1. The second kappa shape index (κ2) is 4.38. The second-order valence-corrected chi connectivity index (χ2v) is 8.83. The zero-order valence-corrected chi connectivity index (χ0v) is 12.8. The van der Waals surface area contributed by atoms with E-state index in [2.05, 4.69) is 5.32 Å². The lowest BCUT2D eigenvalue weighted by atomic mass is 9.84. The van der Waals surface area contributed by atoms with Crippen molar-refractivity contribution in [2.45, 2.75) is 30.2 Å². The van der Waals surface area contributed by atoms with Crippen LogP contribution >= 0.6 is 10.2 Å². The molecule has 4 atom stereocenters. The maximum absolute atomic E-state index is 12.8. The van der Waals surface area contributed by atoms with Gasteiger partial charge >= 0.3 is 10.2 Å². The van der Waals surface area contributed by atoms with Crippen molar-refractivity contribution in [1.29, 1.82) is 0 Å². The van der Waals surface area contributed by atoms with Gasteiger partial charge in [0.2, 0.25) is 5.91 Å². The van der Waals surface area contributed by atoms with Gasteiger partial charge in [-0.2, -0.15) is 0 Å². The van der Waals surface area contributed by atoms with Crippen molar-refractivity contribution >= 4 is 21.8 Å². The first-order chi connectivity index (χ1) is 10.3. The molecule has 1 aromatic carbocycles. The van der Waals surface area contributed by atoms with Crippen LogP contribution in [0.25, 0.3) is 0 Å². The molecule has 0 aromatic heterocycles. The van der Waals surface area contributed by atoms with Crippen LogP contribution in [-0.2, 0) is 4.79 Å². The summed E-state index contributed by atoms with van der Waals surface area (Å²) in [5, 5.41) is 2.31. The fourth-order valence-corrected chi connectivity index (χ4v) is 4.45. The molecule has 3 rings (SSSR count). The molecule has 2 saturated carbocycles. The van der Waals surface area contributed by atoms with Crippen molar-refractivity contribution < 1.29 is 24.2 Å². The number of anilines is 1. The minimum atomic E-state index is -9.76. The zero-order valence-electron chi connectivity index (χ0n) is 12.0. The van der Waals surface area contributed by atoms with Crippen LogP contribution < -0.4 is 11.1 Å². The van der Waals surface area contributed by atoms with Gasteiger partial charge in [-0.15, -0.1) is 0 Å². The summed E-state index contributed by atoms with van der Waals surface area (Å²) in [5.41, 5.74) is 5.71. The summed E-state index contributed by atoms with van der Waals surface area (Å²) in [6.45, 7) is 0. The average molecular weight is 356 g/mol. The van der Waals surface area contributed by atoms with E-state index in [1.165, 1.54) is 0 Å². The third kappa shape index (κ3) is 3.16. The van der Waals surface area contributed by atoms with E-state index in [0.717, 1.165) is 31.4 Å². The van der Waals surface area contributed by atoms with Gasteiger partial charge in [-0.25, -0.2) is 0 Å². The van der Waals surface area contributed by atoms with Crippen molar-refractivity contribution in [3.8, 4) is 0 Å². The van der Waals surface area contributed by atoms with E-state index < -0.39 is 26.9 Å². The molecule has 0 aliphatic heterocycles. The summed E-state index contributed by atoms with van der Waals surface area (Å²) in [6.07, 6.45) is 2.65. The molecule has 0 unspecified atom stereocenters. The highest BCUT2D eigenvalue weighted by molar-refractivity contribution is 8.45. The highest BCUT2D eigenvalue weighted by atomic mass is 32.5. The molecule has 0 saturated heterocycles. The van der Waals surface area contributed by atoms with Gasteiger partial charge in [-0.3, -0.25) is 4.79 Å². The van der Waals surface area contributed by atoms with Crippen LogP contribution in [0, 0.1) is 17.8 Å². The van der Waals surface area contributed by atoms with Crippen LogP contribution in [0.3, 0.4) is 0 Å². The van der Waals surface area contributed by atoms with E-state index in [4.69, 9.17) is 5.73 Å². The second-order valence-electron chi connectivity index (χ2n) is 6.42. The van der Waals surface area contributed by atoms with Crippen LogP contribution in [0.2, 0.25) is 0 Å². The van der Waals surface area contributed by atoms with Crippen LogP contribution in [0.5, 0.6) is 0 Å². The van der Waals surface area contributed by atoms with E-state index in [1.54, 1.807) is 0 Å². The number of fused-ring (bicyclic) bond motifs is 2. The van der Waals surface area contributed by atoms with Crippen LogP contribution in [0.4, 0.5) is 25.1 Å². The molecule has 1 amide bonds. The first-order valence-corrected chi connectivity index (χ1v) is 9.21. The van der Waals surface area contributed by atoms with E-state index >= 15 is 0 Å². The summed E-state index contributed by atoms with van der Waals surface area (Å²) in [4.78, 5) is 10.3. The van der Waals surface area contributed by atoms with Crippen molar-refractivity contribution in [2.24, 2.45) is 23.5 Å². The van der Waals surface area contributed by atoms with Crippen molar-refractivity contribution in [2.75, 3.05) is 5.32 Å². The van der Waals surface area contributed by atoms with Crippen molar-refractivity contribution in [1.82, 2.24) is 0 Å². The van der Waals surface area contributed by atoms with Crippen molar-refractivity contribution in [3.05, 3.63) is 24.3 Å². The Morgan fingerprint density at radius 3 is 2.35 bits per heavy atom. The predicted octanol–water partition coefficient (Wildman–Crippen LogP) is 4.66. The molecule has 130 valence electrons. The molecule has 3 N–H and O–H groups in total. The van der Waals surface area contributed by atoms with Crippen LogP contribution in [0.1, 0.15) is 19.3 Å². The Kier molecular flexibility index (Phi) is 3.15. The van der Waals surface area contributed by atoms with Gasteiger partial charge in [0.15, 0.2) is 0 Å². The molecule has 3 nitrogen and oxygen atoms in total. The number of carbonyl (C=O) groups excluding carboxylic acids is 1. The molecule has 23 heavy (non-hydrogen) atoms. The van der Waals surface area contributed by atoms with Crippen LogP contribution in [-0.4, -0.2) is 11.9 Å². The number of hydrogen-bond donors (Lipinski definition) is 2. The fourth-order valence-electron chi connectivity index (χ4n) is 3.76. The number of amides is 1. The van der Waals surface area contributed by atoms with Crippen LogP contribution in [0.15, 0.2) is 29.2 Å². The molecule has 0 radical (unpaired) electrons. The van der Waals surface area contributed by atoms with E-state index in [0.29, 0.717) is 6.07 Å². The Morgan fingerprint density at radius 1 is 1.13 bits per heavy atom. The maximum Gasteiger partial charge on any atom is 0.310 e. The van der Waals surface area contributed by atoms with E-state index in [-0.39, 0.29) is 29.6 Å². The number of nitrogens with two attached hydrogens (primary N) is 1. The summed E-state index contributed by atoms with van der Waals surface area (Å²) >= 11 is 0. The minimum Gasteiger partial charge on any atom is -0.327 e. The van der Waals surface area contributed by atoms with Gasteiger partial charge in [0.25, 0.3) is 0 Å². The average Bonchev–Trinajstić information content (AvgIpc) is 2.97.